The zero-order valence-electron chi connectivity index (χ0n) is 17.3. The molecule has 0 saturated carbocycles. The third kappa shape index (κ3) is 11.3. The largest absolute Gasteiger partial charge is 0.480 e. The number of esters is 1. The minimum atomic E-state index is -1.16. The van der Waals surface area contributed by atoms with Crippen LogP contribution in [0.3, 0.4) is 0 Å². The fourth-order valence-corrected chi connectivity index (χ4v) is 2.96. The van der Waals surface area contributed by atoms with Gasteiger partial charge in [0.15, 0.2) is 0 Å². The molecule has 0 aliphatic rings. The highest BCUT2D eigenvalue weighted by Gasteiger charge is 2.23. The Kier molecular flexibility index (Phi) is 10.7. The van der Waals surface area contributed by atoms with E-state index in [2.05, 4.69) is 10.6 Å². The van der Waals surface area contributed by atoms with Gasteiger partial charge in [0, 0.05) is 12.3 Å². The quantitative estimate of drug-likeness (QED) is 0.286. The Morgan fingerprint density at radius 3 is 2.37 bits per heavy atom. The summed E-state index contributed by atoms with van der Waals surface area (Å²) in [5.41, 5.74) is 0.0599. The summed E-state index contributed by atoms with van der Waals surface area (Å²) in [7, 11) is 0. The maximum absolute atomic E-state index is 11.7. The van der Waals surface area contributed by atoms with Crippen molar-refractivity contribution >= 4 is 35.7 Å². The van der Waals surface area contributed by atoms with Gasteiger partial charge < -0.3 is 25.2 Å². The molecular formula is C20H28N2O7S. The normalized spacial score (nSPS) is 11.8. The minimum absolute atomic E-state index is 0.0169. The number of aliphatic carboxylic acids is 1. The van der Waals surface area contributed by atoms with Crippen molar-refractivity contribution in [3.63, 3.8) is 0 Å². The van der Waals surface area contributed by atoms with Gasteiger partial charge in [0.05, 0.1) is 0 Å². The van der Waals surface area contributed by atoms with Crippen molar-refractivity contribution in [1.29, 1.82) is 0 Å². The number of nitrogens with one attached hydrogen (secondary N) is 2. The smallest absolute Gasteiger partial charge is 0.408 e. The van der Waals surface area contributed by atoms with Gasteiger partial charge in [-0.25, -0.2) is 14.4 Å². The number of carbonyl (C=O) groups is 4. The summed E-state index contributed by atoms with van der Waals surface area (Å²) in [5.74, 6) is -2.05. The van der Waals surface area contributed by atoms with E-state index < -0.39 is 35.6 Å². The molecule has 3 N–H and O–H groups in total. The van der Waals surface area contributed by atoms with E-state index in [0.717, 1.165) is 5.56 Å². The Morgan fingerprint density at radius 2 is 1.77 bits per heavy atom. The lowest BCUT2D eigenvalue weighted by molar-refractivity contribution is -0.155. The number of benzene rings is 1. The zero-order valence-corrected chi connectivity index (χ0v) is 18.1. The lowest BCUT2D eigenvalue weighted by Gasteiger charge is -2.21. The van der Waals surface area contributed by atoms with Gasteiger partial charge in [-0.2, -0.15) is 11.8 Å². The molecule has 10 heteroatoms. The van der Waals surface area contributed by atoms with E-state index in [-0.39, 0.29) is 19.6 Å². The molecule has 0 spiro atoms. The van der Waals surface area contributed by atoms with Crippen molar-refractivity contribution in [2.45, 2.75) is 45.4 Å². The van der Waals surface area contributed by atoms with Gasteiger partial charge in [-0.15, -0.1) is 0 Å². The number of hydrogen-bond donors (Lipinski definition) is 3. The van der Waals surface area contributed by atoms with Crippen LogP contribution in [0.25, 0.3) is 0 Å². The number of carboxylic acids is 1. The van der Waals surface area contributed by atoms with E-state index in [9.17, 15) is 24.3 Å². The molecule has 0 aliphatic heterocycles. The van der Waals surface area contributed by atoms with Crippen LogP contribution in [0.1, 0.15) is 32.8 Å². The van der Waals surface area contributed by atoms with Gasteiger partial charge >= 0.3 is 23.9 Å². The van der Waals surface area contributed by atoms with Crippen LogP contribution < -0.4 is 10.6 Å². The van der Waals surface area contributed by atoms with Gasteiger partial charge in [-0.05, 0) is 38.5 Å². The van der Waals surface area contributed by atoms with Crippen molar-refractivity contribution in [3.05, 3.63) is 35.9 Å². The van der Waals surface area contributed by atoms with Crippen LogP contribution >= 0.6 is 11.8 Å². The molecule has 0 radical (unpaired) electrons. The Bertz CT molecular complexity index is 720. The predicted octanol–water partition coefficient (Wildman–Crippen LogP) is 1.95. The molecule has 1 rings (SSSR count). The van der Waals surface area contributed by atoms with Gasteiger partial charge in [0.1, 0.15) is 18.2 Å². The van der Waals surface area contributed by atoms with Crippen LogP contribution in [-0.4, -0.2) is 58.7 Å². The van der Waals surface area contributed by atoms with Crippen molar-refractivity contribution in [3.8, 4) is 0 Å². The van der Waals surface area contributed by atoms with E-state index in [1.165, 1.54) is 11.8 Å². The van der Waals surface area contributed by atoms with E-state index in [1.54, 1.807) is 45.0 Å². The first kappa shape index (κ1) is 25.3. The summed E-state index contributed by atoms with van der Waals surface area (Å²) in [6.07, 6.45) is -0.604. The lowest BCUT2D eigenvalue weighted by Crippen LogP contribution is -2.43. The molecule has 0 aliphatic carbocycles. The molecule has 1 atom stereocenters. The summed E-state index contributed by atoms with van der Waals surface area (Å²) in [6.45, 7) is 5.29. The van der Waals surface area contributed by atoms with Gasteiger partial charge in [0.25, 0.3) is 0 Å². The van der Waals surface area contributed by atoms with Crippen molar-refractivity contribution in [2.75, 3.05) is 18.1 Å². The second-order valence-corrected chi connectivity index (χ2v) is 8.48. The first-order valence-electron chi connectivity index (χ1n) is 9.37. The Labute approximate surface area is 179 Å². The molecule has 0 heterocycles. The molecule has 1 aromatic rings. The zero-order chi connectivity index (χ0) is 22.6. The van der Waals surface area contributed by atoms with Crippen LogP contribution in [0.4, 0.5) is 4.79 Å². The Balaban J connectivity index is 2.20. The second-order valence-electron chi connectivity index (χ2n) is 7.26. The molecular weight excluding hydrogens is 412 g/mol. The predicted molar refractivity (Wildman–Crippen MR) is 112 cm³/mol. The number of carbonyl (C=O) groups excluding carboxylic acids is 3. The Morgan fingerprint density at radius 1 is 1.10 bits per heavy atom. The van der Waals surface area contributed by atoms with Gasteiger partial charge in [-0.1, -0.05) is 30.3 Å². The molecule has 0 saturated heterocycles. The molecule has 30 heavy (non-hydrogen) atoms. The molecule has 0 bridgehead atoms. The number of rotatable bonds is 10. The summed E-state index contributed by atoms with van der Waals surface area (Å²) in [5, 5.41) is 14.0. The Hall–Kier alpha value is -2.75. The van der Waals surface area contributed by atoms with E-state index in [0.29, 0.717) is 11.5 Å². The fourth-order valence-electron chi connectivity index (χ4n) is 2.11. The SMILES string of the molecule is CC(C)(C)OC(=O)NC(CCSCCNC(=O)C(=O)OCc1ccccc1)C(=O)O. The highest BCUT2D eigenvalue weighted by atomic mass is 32.2. The third-order valence-corrected chi connectivity index (χ3v) is 4.49. The summed E-state index contributed by atoms with van der Waals surface area (Å²) in [4.78, 5) is 46.3. The number of alkyl carbamates (subject to hydrolysis) is 1. The van der Waals surface area contributed by atoms with Crippen LogP contribution in [0.5, 0.6) is 0 Å². The summed E-state index contributed by atoms with van der Waals surface area (Å²) >= 11 is 1.38. The summed E-state index contributed by atoms with van der Waals surface area (Å²) in [6, 6.07) is 7.93. The van der Waals surface area contributed by atoms with E-state index >= 15 is 0 Å². The first-order valence-corrected chi connectivity index (χ1v) is 10.5. The van der Waals surface area contributed by atoms with Crippen LogP contribution in [0, 0.1) is 0 Å². The fraction of sp³-hybridized carbons (Fsp3) is 0.500. The van der Waals surface area contributed by atoms with Gasteiger partial charge in [-0.3, -0.25) is 4.79 Å². The molecule has 0 fully saturated rings. The highest BCUT2D eigenvalue weighted by Crippen LogP contribution is 2.09. The molecule has 1 unspecified atom stereocenters. The topological polar surface area (TPSA) is 131 Å². The minimum Gasteiger partial charge on any atom is -0.480 e. The van der Waals surface area contributed by atoms with Gasteiger partial charge in [0.2, 0.25) is 0 Å². The highest BCUT2D eigenvalue weighted by molar-refractivity contribution is 7.99. The lowest BCUT2D eigenvalue weighted by atomic mass is 10.2. The average molecular weight is 441 g/mol. The number of amides is 2. The molecule has 9 nitrogen and oxygen atoms in total. The number of ether oxygens (including phenoxy) is 2. The monoisotopic (exact) mass is 440 g/mol. The van der Waals surface area contributed by atoms with Crippen molar-refractivity contribution in [2.24, 2.45) is 0 Å². The van der Waals surface area contributed by atoms with Crippen molar-refractivity contribution in [1.82, 2.24) is 10.6 Å². The second kappa shape index (κ2) is 12.7. The van der Waals surface area contributed by atoms with Crippen LogP contribution in [0.15, 0.2) is 30.3 Å². The maximum Gasteiger partial charge on any atom is 0.408 e. The van der Waals surface area contributed by atoms with Crippen LogP contribution in [-0.2, 0) is 30.5 Å². The molecule has 2 amide bonds. The maximum atomic E-state index is 11.7. The third-order valence-electron chi connectivity index (χ3n) is 3.47. The van der Waals surface area contributed by atoms with E-state index in [4.69, 9.17) is 9.47 Å². The molecule has 166 valence electrons. The first-order chi connectivity index (χ1) is 14.1. The van der Waals surface area contributed by atoms with Crippen LogP contribution in [0.2, 0.25) is 0 Å². The average Bonchev–Trinajstić information content (AvgIpc) is 2.66. The van der Waals surface area contributed by atoms with E-state index in [1.807, 2.05) is 6.07 Å². The number of carboxylic acid groups (broad SMARTS) is 1. The number of thioether (sulfide) groups is 1. The number of hydrogen-bond acceptors (Lipinski definition) is 7. The standard InChI is InChI=1S/C20H28N2O7S/c1-20(2,3)29-19(27)22-15(17(24)25)9-11-30-12-10-21-16(23)18(26)28-13-14-7-5-4-6-8-14/h4-8,15H,9-13H2,1-3H3,(H,21,23)(H,22,27)(H,24,25). The summed E-state index contributed by atoms with van der Waals surface area (Å²) < 4.78 is 9.97. The molecule has 0 aromatic heterocycles. The molecule has 1 aromatic carbocycles. The van der Waals surface area contributed by atoms with Crippen molar-refractivity contribution < 1.29 is 33.8 Å².